The summed E-state index contributed by atoms with van der Waals surface area (Å²) >= 11 is 1.82. The third-order valence-corrected chi connectivity index (χ3v) is 2.79. The van der Waals surface area contributed by atoms with Crippen molar-refractivity contribution in [3.05, 3.63) is 28.8 Å². The van der Waals surface area contributed by atoms with Crippen LogP contribution in [0.4, 0.5) is 0 Å². The van der Waals surface area contributed by atoms with Crippen molar-refractivity contribution in [1.29, 1.82) is 0 Å². The van der Waals surface area contributed by atoms with Crippen LogP contribution in [0.1, 0.15) is 38.5 Å². The van der Waals surface area contributed by atoms with Crippen molar-refractivity contribution in [3.63, 3.8) is 0 Å². The summed E-state index contributed by atoms with van der Waals surface area (Å²) in [6.07, 6.45) is 4.90. The summed E-state index contributed by atoms with van der Waals surface area (Å²) in [7, 11) is 0. The number of hydrogen-bond acceptors (Lipinski definition) is 1. The maximum Gasteiger partial charge on any atom is 0.00881 e. The van der Waals surface area contributed by atoms with Gasteiger partial charge < -0.3 is 0 Å². The molecule has 1 heteroatoms. The van der Waals surface area contributed by atoms with Crippen LogP contribution in [0, 0.1) is 11.8 Å². The molecule has 12 heavy (non-hydrogen) atoms. The van der Waals surface area contributed by atoms with E-state index in [0.29, 0.717) is 5.41 Å². The van der Waals surface area contributed by atoms with E-state index in [1.807, 2.05) is 11.3 Å². The van der Waals surface area contributed by atoms with Crippen LogP contribution in [0.5, 0.6) is 0 Å². The van der Waals surface area contributed by atoms with Crippen molar-refractivity contribution in [3.8, 4) is 0 Å². The lowest BCUT2D eigenvalue weighted by atomic mass is 9.84. The van der Waals surface area contributed by atoms with Gasteiger partial charge in [0, 0.05) is 11.3 Å². The first-order valence-electron chi connectivity index (χ1n) is 4.53. The van der Waals surface area contributed by atoms with Gasteiger partial charge in [-0.1, -0.05) is 33.3 Å². The fourth-order valence-electron chi connectivity index (χ4n) is 1.48. The minimum atomic E-state index is 0.361. The molecule has 0 unspecified atom stereocenters. The summed E-state index contributed by atoms with van der Waals surface area (Å²) < 4.78 is 0. The van der Waals surface area contributed by atoms with E-state index < -0.39 is 0 Å². The topological polar surface area (TPSA) is 0 Å². The molecule has 0 saturated heterocycles. The van der Waals surface area contributed by atoms with Gasteiger partial charge in [-0.3, -0.25) is 0 Å². The molecule has 0 bridgehead atoms. The fraction of sp³-hybridized carbons (Fsp3) is 0.545. The average Bonchev–Trinajstić information content (AvgIpc) is 2.38. The van der Waals surface area contributed by atoms with Crippen LogP contribution in [-0.2, 0) is 0 Å². The van der Waals surface area contributed by atoms with Crippen LogP contribution in [0.25, 0.3) is 0 Å². The molecule has 0 fully saturated rings. The van der Waals surface area contributed by atoms with Gasteiger partial charge in [0.15, 0.2) is 0 Å². The normalized spacial score (nSPS) is 11.9. The van der Waals surface area contributed by atoms with Gasteiger partial charge in [0.2, 0.25) is 0 Å². The number of thiophene rings is 1. The summed E-state index contributed by atoms with van der Waals surface area (Å²) in [6.45, 7) is 6.84. The Bertz CT molecular complexity index is 209. The molecule has 0 atom stereocenters. The third-order valence-electron chi connectivity index (χ3n) is 1.97. The maximum atomic E-state index is 2.38. The molecule has 0 aliphatic heterocycles. The van der Waals surface area contributed by atoms with Crippen molar-refractivity contribution < 1.29 is 0 Å². The second kappa shape index (κ2) is 4.08. The second-order valence-electron chi connectivity index (χ2n) is 3.90. The van der Waals surface area contributed by atoms with Crippen molar-refractivity contribution in [2.75, 3.05) is 0 Å². The van der Waals surface area contributed by atoms with Crippen LogP contribution >= 0.6 is 11.3 Å². The SMILES string of the molecule is CCCC(C)(C)[CH]c1cccs1. The van der Waals surface area contributed by atoms with Gasteiger partial charge in [-0.2, -0.15) is 0 Å². The highest BCUT2D eigenvalue weighted by Crippen LogP contribution is 2.30. The number of rotatable bonds is 4. The molecule has 0 aliphatic carbocycles. The summed E-state index contributed by atoms with van der Waals surface area (Å²) in [6, 6.07) is 4.29. The second-order valence-corrected chi connectivity index (χ2v) is 4.88. The largest absolute Gasteiger partial charge is 0.149 e. The summed E-state index contributed by atoms with van der Waals surface area (Å²) in [5.41, 5.74) is 0.361. The highest BCUT2D eigenvalue weighted by Gasteiger charge is 2.17. The maximum absolute atomic E-state index is 2.38. The van der Waals surface area contributed by atoms with E-state index in [1.165, 1.54) is 17.7 Å². The lowest BCUT2D eigenvalue weighted by molar-refractivity contribution is 0.404. The van der Waals surface area contributed by atoms with E-state index in [4.69, 9.17) is 0 Å². The van der Waals surface area contributed by atoms with E-state index in [2.05, 4.69) is 44.7 Å². The average molecular weight is 181 g/mol. The highest BCUT2D eigenvalue weighted by atomic mass is 32.1. The first-order valence-corrected chi connectivity index (χ1v) is 5.41. The van der Waals surface area contributed by atoms with Gasteiger partial charge in [0.05, 0.1) is 0 Å². The highest BCUT2D eigenvalue weighted by molar-refractivity contribution is 7.10. The Morgan fingerprint density at radius 2 is 2.25 bits per heavy atom. The lowest BCUT2D eigenvalue weighted by Crippen LogP contribution is -2.11. The minimum Gasteiger partial charge on any atom is -0.149 e. The smallest absolute Gasteiger partial charge is 0.00881 e. The van der Waals surface area contributed by atoms with Gasteiger partial charge in [0.1, 0.15) is 0 Å². The standard InChI is InChI=1S/C11H17S/c1-4-7-11(2,3)9-10-6-5-8-12-10/h5-6,8-9H,4,7H2,1-3H3. The van der Waals surface area contributed by atoms with Crippen LogP contribution in [0.2, 0.25) is 0 Å². The molecular weight excluding hydrogens is 164 g/mol. The van der Waals surface area contributed by atoms with Gasteiger partial charge in [0.25, 0.3) is 0 Å². The van der Waals surface area contributed by atoms with E-state index in [1.54, 1.807) is 0 Å². The Morgan fingerprint density at radius 1 is 1.50 bits per heavy atom. The molecule has 1 aromatic rings. The molecule has 0 aromatic carbocycles. The first kappa shape index (κ1) is 9.79. The molecule has 0 N–H and O–H groups in total. The van der Waals surface area contributed by atoms with E-state index in [-0.39, 0.29) is 0 Å². The molecule has 1 radical (unpaired) electrons. The predicted molar refractivity (Wildman–Crippen MR) is 56.4 cm³/mol. The van der Waals surface area contributed by atoms with Crippen molar-refractivity contribution >= 4 is 11.3 Å². The zero-order valence-corrected chi connectivity index (χ0v) is 8.95. The van der Waals surface area contributed by atoms with Crippen LogP contribution < -0.4 is 0 Å². The zero-order chi connectivity index (χ0) is 9.03. The fourth-order valence-corrected chi connectivity index (χ4v) is 2.33. The van der Waals surface area contributed by atoms with Gasteiger partial charge in [-0.15, -0.1) is 11.3 Å². The van der Waals surface area contributed by atoms with E-state index >= 15 is 0 Å². The Labute approximate surface area is 79.6 Å². The molecule has 1 rings (SSSR count). The molecule has 0 aliphatic rings. The third kappa shape index (κ3) is 2.98. The molecule has 67 valence electrons. The molecule has 0 spiro atoms. The Balaban J connectivity index is 2.50. The monoisotopic (exact) mass is 181 g/mol. The van der Waals surface area contributed by atoms with Crippen LogP contribution in [0.15, 0.2) is 17.5 Å². The summed E-state index contributed by atoms with van der Waals surface area (Å²) in [4.78, 5) is 1.40. The summed E-state index contributed by atoms with van der Waals surface area (Å²) in [5, 5.41) is 2.13. The molecule has 1 heterocycles. The van der Waals surface area contributed by atoms with Crippen LogP contribution in [-0.4, -0.2) is 0 Å². The number of hydrogen-bond donors (Lipinski definition) is 0. The van der Waals surface area contributed by atoms with Crippen molar-refractivity contribution in [1.82, 2.24) is 0 Å². The van der Waals surface area contributed by atoms with Crippen molar-refractivity contribution in [2.24, 2.45) is 5.41 Å². The first-order chi connectivity index (χ1) is 5.64. The molecule has 1 aromatic heterocycles. The van der Waals surface area contributed by atoms with Crippen molar-refractivity contribution in [2.45, 2.75) is 33.6 Å². The Morgan fingerprint density at radius 3 is 2.75 bits per heavy atom. The van der Waals surface area contributed by atoms with Crippen LogP contribution in [0.3, 0.4) is 0 Å². The van der Waals surface area contributed by atoms with Gasteiger partial charge in [-0.05, 0) is 23.3 Å². The Kier molecular flexibility index (Phi) is 3.33. The van der Waals surface area contributed by atoms with Gasteiger partial charge >= 0.3 is 0 Å². The minimum absolute atomic E-state index is 0.361. The summed E-state index contributed by atoms with van der Waals surface area (Å²) in [5.74, 6) is 0. The Hall–Kier alpha value is -0.300. The quantitative estimate of drug-likeness (QED) is 0.655. The molecule has 0 saturated carbocycles. The van der Waals surface area contributed by atoms with E-state index in [9.17, 15) is 0 Å². The lowest BCUT2D eigenvalue weighted by Gasteiger charge is -2.22. The zero-order valence-electron chi connectivity index (χ0n) is 8.13. The molecular formula is C11H17S. The predicted octanol–water partition coefficient (Wildman–Crippen LogP) is 4.13. The van der Waals surface area contributed by atoms with Gasteiger partial charge in [-0.25, -0.2) is 0 Å². The van der Waals surface area contributed by atoms with E-state index in [0.717, 1.165) is 0 Å². The molecule has 0 amide bonds. The molecule has 0 nitrogen and oxygen atoms in total.